The van der Waals surface area contributed by atoms with E-state index in [1.54, 1.807) is 0 Å². The first-order chi connectivity index (χ1) is 7.39. The molecular weight excluding hydrogens is 223 g/mol. The SMILES string of the molecule is O=C(C(O)C(F)(F)F)N1CC2CCCC2C1. The summed E-state index contributed by atoms with van der Waals surface area (Å²) in [5.41, 5.74) is 0. The Morgan fingerprint density at radius 3 is 2.19 bits per heavy atom. The molecule has 2 aliphatic rings. The molecule has 2 rings (SSSR count). The third-order valence-corrected chi connectivity index (χ3v) is 3.58. The minimum atomic E-state index is -4.85. The number of hydrogen-bond donors (Lipinski definition) is 1. The van der Waals surface area contributed by atoms with Crippen LogP contribution in [0.25, 0.3) is 0 Å². The van der Waals surface area contributed by atoms with Crippen LogP contribution in [0.15, 0.2) is 0 Å². The molecule has 92 valence electrons. The van der Waals surface area contributed by atoms with Gasteiger partial charge in [0.15, 0.2) is 0 Å². The molecule has 3 unspecified atom stereocenters. The van der Waals surface area contributed by atoms with Gasteiger partial charge in [-0.15, -0.1) is 0 Å². The van der Waals surface area contributed by atoms with E-state index < -0.39 is 18.2 Å². The molecule has 0 aromatic heterocycles. The first kappa shape index (κ1) is 11.7. The van der Waals surface area contributed by atoms with Crippen LogP contribution in [0, 0.1) is 11.8 Å². The van der Waals surface area contributed by atoms with Gasteiger partial charge in [0.2, 0.25) is 6.10 Å². The first-order valence-electron chi connectivity index (χ1n) is 5.43. The van der Waals surface area contributed by atoms with E-state index >= 15 is 0 Å². The van der Waals surface area contributed by atoms with Crippen LogP contribution in [-0.4, -0.2) is 41.3 Å². The lowest BCUT2D eigenvalue weighted by atomic mass is 10.0. The highest BCUT2D eigenvalue weighted by atomic mass is 19.4. The summed E-state index contributed by atoms with van der Waals surface area (Å²) in [5.74, 6) is -0.518. The topological polar surface area (TPSA) is 40.5 Å². The fourth-order valence-electron chi connectivity index (χ4n) is 2.73. The zero-order valence-corrected chi connectivity index (χ0v) is 8.70. The molecule has 0 spiro atoms. The number of nitrogens with zero attached hydrogens (tertiary/aromatic N) is 1. The van der Waals surface area contributed by atoms with Crippen molar-refractivity contribution in [3.8, 4) is 0 Å². The predicted octanol–water partition coefficient (Wildman–Crippen LogP) is 1.17. The smallest absolute Gasteiger partial charge is 0.376 e. The van der Waals surface area contributed by atoms with Gasteiger partial charge in [0.05, 0.1) is 0 Å². The molecular formula is C10H14F3NO2. The zero-order valence-electron chi connectivity index (χ0n) is 8.70. The number of alkyl halides is 3. The van der Waals surface area contributed by atoms with E-state index in [-0.39, 0.29) is 0 Å². The minimum absolute atomic E-state index is 0.337. The first-order valence-corrected chi connectivity index (χ1v) is 5.43. The summed E-state index contributed by atoms with van der Waals surface area (Å²) in [5, 5.41) is 8.86. The molecule has 1 saturated heterocycles. The highest BCUT2D eigenvalue weighted by molar-refractivity contribution is 5.81. The zero-order chi connectivity index (χ0) is 11.9. The van der Waals surface area contributed by atoms with Gasteiger partial charge in [-0.05, 0) is 24.7 Å². The largest absolute Gasteiger partial charge is 0.423 e. The molecule has 1 aliphatic carbocycles. The Hall–Kier alpha value is -0.780. The molecule has 0 bridgehead atoms. The van der Waals surface area contributed by atoms with Gasteiger partial charge in [-0.2, -0.15) is 13.2 Å². The summed E-state index contributed by atoms with van der Waals surface area (Å²) >= 11 is 0. The Balaban J connectivity index is 1.97. The molecule has 3 atom stereocenters. The van der Waals surface area contributed by atoms with Gasteiger partial charge in [-0.1, -0.05) is 6.42 Å². The molecule has 1 N–H and O–H groups in total. The van der Waals surface area contributed by atoms with Gasteiger partial charge >= 0.3 is 6.18 Å². The number of rotatable bonds is 1. The Kier molecular flexibility index (Phi) is 2.86. The molecule has 0 aromatic rings. The van der Waals surface area contributed by atoms with Crippen LogP contribution in [0.5, 0.6) is 0 Å². The van der Waals surface area contributed by atoms with Crippen molar-refractivity contribution in [1.82, 2.24) is 4.90 Å². The summed E-state index contributed by atoms with van der Waals surface area (Å²) < 4.78 is 36.4. The Bertz CT molecular complexity index is 280. The molecule has 2 fully saturated rings. The van der Waals surface area contributed by atoms with Gasteiger partial charge in [-0.3, -0.25) is 4.79 Å². The fraction of sp³-hybridized carbons (Fsp3) is 0.900. The normalized spacial score (nSPS) is 31.6. The molecule has 0 radical (unpaired) electrons. The number of amides is 1. The summed E-state index contributed by atoms with van der Waals surface area (Å²) in [6.45, 7) is 0.743. The van der Waals surface area contributed by atoms with Gasteiger partial charge in [-0.25, -0.2) is 0 Å². The molecule has 1 amide bonds. The summed E-state index contributed by atoms with van der Waals surface area (Å²) in [6, 6.07) is 0. The van der Waals surface area contributed by atoms with Gasteiger partial charge in [0, 0.05) is 13.1 Å². The van der Waals surface area contributed by atoms with Crippen LogP contribution < -0.4 is 0 Å². The summed E-state index contributed by atoms with van der Waals surface area (Å²) in [4.78, 5) is 12.5. The van der Waals surface area contributed by atoms with E-state index in [4.69, 9.17) is 5.11 Å². The van der Waals surface area contributed by atoms with Crippen LogP contribution in [0.1, 0.15) is 19.3 Å². The molecule has 16 heavy (non-hydrogen) atoms. The van der Waals surface area contributed by atoms with Crippen molar-refractivity contribution in [1.29, 1.82) is 0 Å². The van der Waals surface area contributed by atoms with E-state index in [1.165, 1.54) is 0 Å². The lowest BCUT2D eigenvalue weighted by Gasteiger charge is -2.22. The van der Waals surface area contributed by atoms with E-state index in [9.17, 15) is 18.0 Å². The molecule has 1 heterocycles. The maximum Gasteiger partial charge on any atom is 0.423 e. The average molecular weight is 237 g/mol. The van der Waals surface area contributed by atoms with Gasteiger partial charge < -0.3 is 10.0 Å². The Labute approximate surface area is 91.2 Å². The van der Waals surface area contributed by atoms with Crippen molar-refractivity contribution in [3.63, 3.8) is 0 Å². The summed E-state index contributed by atoms with van der Waals surface area (Å²) in [6.07, 6.45) is -4.65. The standard InChI is InChI=1S/C10H14F3NO2/c11-10(12,13)8(15)9(16)14-4-6-2-1-3-7(6)5-14/h6-8,15H,1-5H2. The maximum atomic E-state index is 12.1. The number of likely N-dealkylation sites (tertiary alicyclic amines) is 1. The number of aliphatic hydroxyl groups is 1. The van der Waals surface area contributed by atoms with Crippen LogP contribution in [0.3, 0.4) is 0 Å². The van der Waals surface area contributed by atoms with Crippen molar-refractivity contribution in [2.24, 2.45) is 11.8 Å². The molecule has 6 heteroatoms. The lowest BCUT2D eigenvalue weighted by Crippen LogP contribution is -2.45. The van der Waals surface area contributed by atoms with Crippen molar-refractivity contribution >= 4 is 5.91 Å². The van der Waals surface area contributed by atoms with E-state index in [2.05, 4.69) is 0 Å². The monoisotopic (exact) mass is 237 g/mol. The van der Waals surface area contributed by atoms with E-state index in [1.807, 2.05) is 0 Å². The van der Waals surface area contributed by atoms with Gasteiger partial charge in [0.1, 0.15) is 0 Å². The molecule has 3 nitrogen and oxygen atoms in total. The highest BCUT2D eigenvalue weighted by Crippen LogP contribution is 2.38. The van der Waals surface area contributed by atoms with Crippen molar-refractivity contribution in [3.05, 3.63) is 0 Å². The van der Waals surface area contributed by atoms with E-state index in [0.29, 0.717) is 24.9 Å². The number of halogens is 3. The molecule has 1 saturated carbocycles. The van der Waals surface area contributed by atoms with Crippen molar-refractivity contribution in [2.75, 3.05) is 13.1 Å². The quantitative estimate of drug-likeness (QED) is 0.743. The molecule has 1 aliphatic heterocycles. The van der Waals surface area contributed by atoms with Crippen molar-refractivity contribution < 1.29 is 23.1 Å². The van der Waals surface area contributed by atoms with Crippen LogP contribution in [0.2, 0.25) is 0 Å². The van der Waals surface area contributed by atoms with Crippen LogP contribution in [0.4, 0.5) is 13.2 Å². The minimum Gasteiger partial charge on any atom is -0.376 e. The van der Waals surface area contributed by atoms with Gasteiger partial charge in [0.25, 0.3) is 5.91 Å². The lowest BCUT2D eigenvalue weighted by molar-refractivity contribution is -0.210. The Morgan fingerprint density at radius 1 is 1.25 bits per heavy atom. The molecule has 0 aromatic carbocycles. The Morgan fingerprint density at radius 2 is 1.75 bits per heavy atom. The number of carbonyl (C=O) groups excluding carboxylic acids is 1. The fourth-order valence-corrected chi connectivity index (χ4v) is 2.73. The third-order valence-electron chi connectivity index (χ3n) is 3.58. The second-order valence-corrected chi connectivity index (χ2v) is 4.64. The van der Waals surface area contributed by atoms with Crippen LogP contribution >= 0.6 is 0 Å². The number of carbonyl (C=O) groups is 1. The van der Waals surface area contributed by atoms with Crippen molar-refractivity contribution in [2.45, 2.75) is 31.5 Å². The predicted molar refractivity (Wildman–Crippen MR) is 49.5 cm³/mol. The number of hydrogen-bond acceptors (Lipinski definition) is 2. The maximum absolute atomic E-state index is 12.1. The van der Waals surface area contributed by atoms with E-state index in [0.717, 1.165) is 24.2 Å². The number of aliphatic hydroxyl groups excluding tert-OH is 1. The summed E-state index contributed by atoms with van der Waals surface area (Å²) in [7, 11) is 0. The third kappa shape index (κ3) is 2.03. The highest BCUT2D eigenvalue weighted by Gasteiger charge is 2.48. The number of fused-ring (bicyclic) bond motifs is 1. The second-order valence-electron chi connectivity index (χ2n) is 4.64. The van der Waals surface area contributed by atoms with Crippen LogP contribution in [-0.2, 0) is 4.79 Å². The average Bonchev–Trinajstić information content (AvgIpc) is 2.72. The second kappa shape index (κ2) is 3.91.